The topological polar surface area (TPSA) is 99.9 Å². The molecule has 0 unspecified atom stereocenters. The summed E-state index contributed by atoms with van der Waals surface area (Å²) in [6, 6.07) is 2.28. The van der Waals surface area contributed by atoms with Gasteiger partial charge in [-0.2, -0.15) is 0 Å². The number of likely N-dealkylation sites (tertiary alicyclic amines) is 1. The van der Waals surface area contributed by atoms with Crippen molar-refractivity contribution in [2.45, 2.75) is 24.9 Å². The van der Waals surface area contributed by atoms with Gasteiger partial charge in [0.25, 0.3) is 10.0 Å². The fourth-order valence-corrected chi connectivity index (χ4v) is 3.22. The Hall–Kier alpha value is -1.38. The number of nitrogens with zero attached hydrogens (tertiary/aromatic N) is 1. The average Bonchev–Trinajstić information content (AvgIpc) is 2.91. The first-order valence-corrected chi connectivity index (χ1v) is 8.42. The lowest BCUT2D eigenvalue weighted by Gasteiger charge is -2.29. The Balaban J connectivity index is 1.85. The summed E-state index contributed by atoms with van der Waals surface area (Å²) in [6.45, 7) is 5.09. The molecule has 0 aliphatic carbocycles. The summed E-state index contributed by atoms with van der Waals surface area (Å²) in [5, 5.41) is 8.35. The molecule has 8 heteroatoms. The summed E-state index contributed by atoms with van der Waals surface area (Å²) in [6.07, 6.45) is 2.26. The first-order valence-electron chi connectivity index (χ1n) is 6.93. The van der Waals surface area contributed by atoms with Crippen LogP contribution in [0, 0.1) is 5.92 Å². The van der Waals surface area contributed by atoms with E-state index in [1.165, 1.54) is 0 Å². The first-order chi connectivity index (χ1) is 9.88. The molecule has 2 heterocycles. The Kier molecular flexibility index (Phi) is 5.02. The number of nitrogens with one attached hydrogen (secondary N) is 1. The van der Waals surface area contributed by atoms with Crippen LogP contribution in [0.2, 0.25) is 0 Å². The van der Waals surface area contributed by atoms with Crippen LogP contribution in [0.4, 0.5) is 0 Å². The molecule has 0 atom stereocenters. The Morgan fingerprint density at radius 3 is 2.67 bits per heavy atom. The molecule has 0 radical (unpaired) electrons. The van der Waals surface area contributed by atoms with Gasteiger partial charge < -0.3 is 14.4 Å². The van der Waals surface area contributed by atoms with Gasteiger partial charge in [0.1, 0.15) is 0 Å². The lowest BCUT2D eigenvalue weighted by molar-refractivity contribution is 0.0656. The van der Waals surface area contributed by atoms with Gasteiger partial charge in [-0.05, 0) is 44.0 Å². The highest BCUT2D eigenvalue weighted by molar-refractivity contribution is 7.89. The van der Waals surface area contributed by atoms with Gasteiger partial charge in [0.15, 0.2) is 0 Å². The zero-order valence-electron chi connectivity index (χ0n) is 11.9. The molecule has 0 spiro atoms. The minimum atomic E-state index is -3.79. The molecule has 118 valence electrons. The van der Waals surface area contributed by atoms with Gasteiger partial charge in [0.2, 0.25) is 10.9 Å². The van der Waals surface area contributed by atoms with Crippen LogP contribution in [0.25, 0.3) is 0 Å². The third-order valence-electron chi connectivity index (χ3n) is 3.65. The lowest BCUT2D eigenvalue weighted by atomic mass is 9.99. The van der Waals surface area contributed by atoms with Gasteiger partial charge in [-0.3, -0.25) is 0 Å². The number of hydrogen-bond acceptors (Lipinski definition) is 5. The van der Waals surface area contributed by atoms with Crippen LogP contribution in [-0.2, 0) is 10.0 Å². The second-order valence-corrected chi connectivity index (χ2v) is 7.04. The summed E-state index contributed by atoms with van der Waals surface area (Å²) >= 11 is 0. The molecule has 7 nitrogen and oxygen atoms in total. The molecule has 1 aliphatic rings. The molecule has 0 aromatic carbocycles. The van der Waals surface area contributed by atoms with Crippen molar-refractivity contribution in [3.8, 4) is 0 Å². The maximum Gasteiger partial charge on any atom is 0.371 e. The van der Waals surface area contributed by atoms with Crippen molar-refractivity contribution in [2.24, 2.45) is 5.92 Å². The molecule has 2 rings (SSSR count). The van der Waals surface area contributed by atoms with Crippen LogP contribution in [0.1, 0.15) is 30.3 Å². The number of aromatic carboxylic acids is 1. The van der Waals surface area contributed by atoms with Gasteiger partial charge >= 0.3 is 5.97 Å². The van der Waals surface area contributed by atoms with Gasteiger partial charge in [0, 0.05) is 13.1 Å². The van der Waals surface area contributed by atoms with Gasteiger partial charge in [0.05, 0.1) is 0 Å². The Morgan fingerprint density at radius 1 is 1.43 bits per heavy atom. The molecular formula is C13H20N2O5S. The standard InChI is InChI=1S/C13H20N2O5S/c1-10-4-7-15(8-5-10)9-6-14-21(18,19)12-3-2-11(20-12)13(16)17/h2-3,10,14H,4-9H2,1H3,(H,16,17). The van der Waals surface area contributed by atoms with Crippen molar-refractivity contribution in [1.29, 1.82) is 0 Å². The minimum Gasteiger partial charge on any atom is -0.475 e. The highest BCUT2D eigenvalue weighted by atomic mass is 32.2. The van der Waals surface area contributed by atoms with Crippen LogP contribution >= 0.6 is 0 Å². The SMILES string of the molecule is CC1CCN(CCNS(=O)(=O)c2ccc(C(=O)O)o2)CC1. The second-order valence-electron chi connectivity index (χ2n) is 5.35. The van der Waals surface area contributed by atoms with Crippen molar-refractivity contribution in [2.75, 3.05) is 26.2 Å². The van der Waals surface area contributed by atoms with Crippen LogP contribution in [0.15, 0.2) is 21.6 Å². The summed E-state index contributed by atoms with van der Waals surface area (Å²) in [7, 11) is -3.79. The van der Waals surface area contributed by atoms with E-state index in [9.17, 15) is 13.2 Å². The van der Waals surface area contributed by atoms with E-state index in [2.05, 4.69) is 16.5 Å². The molecule has 1 aliphatic heterocycles. The molecule has 1 aromatic rings. The van der Waals surface area contributed by atoms with Crippen molar-refractivity contribution in [1.82, 2.24) is 9.62 Å². The summed E-state index contributed by atoms with van der Waals surface area (Å²) < 4.78 is 31.1. The number of furan rings is 1. The average molecular weight is 316 g/mol. The van der Waals surface area contributed by atoms with Crippen LogP contribution in [-0.4, -0.2) is 50.6 Å². The molecule has 21 heavy (non-hydrogen) atoms. The van der Waals surface area contributed by atoms with Gasteiger partial charge in [-0.1, -0.05) is 6.92 Å². The van der Waals surface area contributed by atoms with E-state index in [4.69, 9.17) is 9.52 Å². The van der Waals surface area contributed by atoms with Crippen molar-refractivity contribution in [3.63, 3.8) is 0 Å². The third-order valence-corrected chi connectivity index (χ3v) is 4.99. The van der Waals surface area contributed by atoms with E-state index in [-0.39, 0.29) is 17.4 Å². The number of carbonyl (C=O) groups is 1. The predicted octanol–water partition coefficient (Wildman–Crippen LogP) is 0.988. The predicted molar refractivity (Wildman–Crippen MR) is 75.7 cm³/mol. The molecule has 0 saturated carbocycles. The molecule has 0 bridgehead atoms. The Morgan fingerprint density at radius 2 is 2.10 bits per heavy atom. The first kappa shape index (κ1) is 16.0. The van der Waals surface area contributed by atoms with Crippen LogP contribution in [0.3, 0.4) is 0 Å². The highest BCUT2D eigenvalue weighted by Gasteiger charge is 2.21. The quantitative estimate of drug-likeness (QED) is 0.812. The minimum absolute atomic E-state index is 0.278. The third kappa shape index (κ3) is 4.29. The number of carboxylic acid groups (broad SMARTS) is 1. The van der Waals surface area contributed by atoms with E-state index >= 15 is 0 Å². The zero-order valence-corrected chi connectivity index (χ0v) is 12.7. The van der Waals surface area contributed by atoms with Crippen LogP contribution < -0.4 is 4.72 Å². The smallest absolute Gasteiger partial charge is 0.371 e. The van der Waals surface area contributed by atoms with E-state index in [0.717, 1.165) is 44.0 Å². The maximum absolute atomic E-state index is 11.9. The molecule has 1 saturated heterocycles. The summed E-state index contributed by atoms with van der Waals surface area (Å²) in [5.74, 6) is -0.949. The van der Waals surface area contributed by atoms with Crippen molar-refractivity contribution in [3.05, 3.63) is 17.9 Å². The number of sulfonamides is 1. The van der Waals surface area contributed by atoms with Crippen molar-refractivity contribution < 1.29 is 22.7 Å². The fourth-order valence-electron chi connectivity index (χ4n) is 2.27. The summed E-state index contributed by atoms with van der Waals surface area (Å²) in [4.78, 5) is 12.9. The van der Waals surface area contributed by atoms with Gasteiger partial charge in [-0.15, -0.1) is 0 Å². The molecule has 1 aromatic heterocycles. The Bertz CT molecular complexity index is 587. The number of rotatable bonds is 6. The lowest BCUT2D eigenvalue weighted by Crippen LogP contribution is -2.39. The largest absolute Gasteiger partial charge is 0.475 e. The number of piperidine rings is 1. The maximum atomic E-state index is 11.9. The highest BCUT2D eigenvalue weighted by Crippen LogP contribution is 2.16. The monoisotopic (exact) mass is 316 g/mol. The molecular weight excluding hydrogens is 296 g/mol. The van der Waals surface area contributed by atoms with Gasteiger partial charge in [-0.25, -0.2) is 17.9 Å². The number of hydrogen-bond donors (Lipinski definition) is 2. The normalized spacial score (nSPS) is 18.0. The molecule has 1 fully saturated rings. The summed E-state index contributed by atoms with van der Waals surface area (Å²) in [5.41, 5.74) is 0. The fraction of sp³-hybridized carbons (Fsp3) is 0.615. The number of carboxylic acids is 1. The van der Waals surface area contributed by atoms with Crippen molar-refractivity contribution >= 4 is 16.0 Å². The zero-order chi connectivity index (χ0) is 15.5. The Labute approximate surface area is 124 Å². The van der Waals surface area contributed by atoms with Crippen LogP contribution in [0.5, 0.6) is 0 Å². The second kappa shape index (κ2) is 6.59. The van der Waals surface area contributed by atoms with E-state index < -0.39 is 16.0 Å². The molecule has 2 N–H and O–H groups in total. The van der Waals surface area contributed by atoms with E-state index in [0.29, 0.717) is 6.54 Å². The molecule has 0 amide bonds. The van der Waals surface area contributed by atoms with E-state index in [1.54, 1.807) is 0 Å². The van der Waals surface area contributed by atoms with E-state index in [1.807, 2.05) is 0 Å².